The predicted molar refractivity (Wildman–Crippen MR) is 78.6 cm³/mol. The largest absolute Gasteiger partial charge is 0.454 e. The van der Waals surface area contributed by atoms with E-state index < -0.39 is 6.10 Å². The molecule has 0 aromatic heterocycles. The third-order valence-corrected chi connectivity index (χ3v) is 4.08. The maximum Gasteiger partial charge on any atom is 0.231 e. The molecule has 0 amide bonds. The Morgan fingerprint density at radius 3 is 3.10 bits per heavy atom. The molecular formula is C16H23NO4. The van der Waals surface area contributed by atoms with Crippen molar-refractivity contribution in [3.05, 3.63) is 23.8 Å². The van der Waals surface area contributed by atoms with Crippen LogP contribution in [0, 0.1) is 0 Å². The first kappa shape index (κ1) is 14.6. The van der Waals surface area contributed by atoms with Gasteiger partial charge in [0.1, 0.15) is 0 Å². The normalized spacial score (nSPS) is 23.2. The van der Waals surface area contributed by atoms with Gasteiger partial charge in [-0.15, -0.1) is 0 Å². The number of fused-ring (bicyclic) bond motifs is 1. The molecule has 1 fully saturated rings. The Kier molecular flexibility index (Phi) is 4.63. The van der Waals surface area contributed by atoms with Crippen molar-refractivity contribution in [3.63, 3.8) is 0 Å². The summed E-state index contributed by atoms with van der Waals surface area (Å²) in [4.78, 5) is 2.28. The van der Waals surface area contributed by atoms with E-state index in [1.165, 1.54) is 0 Å². The fraction of sp³-hybridized carbons (Fsp3) is 0.625. The number of aliphatic hydroxyl groups excluding tert-OH is 1. The lowest BCUT2D eigenvalue weighted by molar-refractivity contribution is -0.00707. The molecule has 1 N–H and O–H groups in total. The molecule has 2 unspecified atom stereocenters. The van der Waals surface area contributed by atoms with Gasteiger partial charge in [-0.1, -0.05) is 6.07 Å². The van der Waals surface area contributed by atoms with Gasteiger partial charge in [-0.25, -0.2) is 0 Å². The molecule has 3 rings (SSSR count). The fourth-order valence-corrected chi connectivity index (χ4v) is 3.02. The summed E-state index contributed by atoms with van der Waals surface area (Å²) in [5.74, 6) is 1.47. The minimum Gasteiger partial charge on any atom is -0.454 e. The van der Waals surface area contributed by atoms with Crippen LogP contribution >= 0.6 is 0 Å². The number of ether oxygens (including phenoxy) is 3. The molecule has 0 saturated carbocycles. The number of likely N-dealkylation sites (tertiary alicyclic amines) is 1. The Bertz CT molecular complexity index is 477. The van der Waals surface area contributed by atoms with E-state index in [9.17, 15) is 5.11 Å². The first-order chi connectivity index (χ1) is 10.3. The van der Waals surface area contributed by atoms with Gasteiger partial charge in [-0.2, -0.15) is 0 Å². The quantitative estimate of drug-likeness (QED) is 0.899. The summed E-state index contributed by atoms with van der Waals surface area (Å²) in [6, 6.07) is 5.64. The van der Waals surface area contributed by atoms with Crippen molar-refractivity contribution < 1.29 is 19.3 Å². The van der Waals surface area contributed by atoms with Crippen LogP contribution in [-0.4, -0.2) is 49.1 Å². The van der Waals surface area contributed by atoms with Crippen molar-refractivity contribution in [2.45, 2.75) is 32.0 Å². The van der Waals surface area contributed by atoms with E-state index in [4.69, 9.17) is 14.2 Å². The lowest BCUT2D eigenvalue weighted by atomic mass is 10.0. The predicted octanol–water partition coefficient (Wildman–Crippen LogP) is 1.95. The zero-order valence-electron chi connectivity index (χ0n) is 12.5. The topological polar surface area (TPSA) is 51.2 Å². The molecule has 116 valence electrons. The maximum atomic E-state index is 10.4. The molecule has 21 heavy (non-hydrogen) atoms. The van der Waals surface area contributed by atoms with Gasteiger partial charge in [0.15, 0.2) is 11.5 Å². The number of nitrogens with zero attached hydrogens (tertiary/aromatic N) is 1. The molecule has 0 spiro atoms. The van der Waals surface area contributed by atoms with Crippen LogP contribution in [0.25, 0.3) is 0 Å². The lowest BCUT2D eigenvalue weighted by Gasteiger charge is -2.33. The van der Waals surface area contributed by atoms with Gasteiger partial charge < -0.3 is 19.3 Å². The van der Waals surface area contributed by atoms with Crippen LogP contribution in [0.1, 0.15) is 31.4 Å². The molecule has 2 atom stereocenters. The maximum absolute atomic E-state index is 10.4. The first-order valence-corrected chi connectivity index (χ1v) is 7.68. The van der Waals surface area contributed by atoms with E-state index in [-0.39, 0.29) is 6.79 Å². The Balaban J connectivity index is 1.59. The fourth-order valence-electron chi connectivity index (χ4n) is 3.02. The molecule has 5 heteroatoms. The average molecular weight is 293 g/mol. The van der Waals surface area contributed by atoms with Crippen molar-refractivity contribution in [2.24, 2.45) is 0 Å². The SMILES string of the molecule is CCOC1CCCN(CC(O)c2ccc3c(c2)OCO3)C1. The van der Waals surface area contributed by atoms with E-state index in [0.717, 1.165) is 49.6 Å². The highest BCUT2D eigenvalue weighted by molar-refractivity contribution is 5.45. The minimum absolute atomic E-state index is 0.261. The summed E-state index contributed by atoms with van der Waals surface area (Å²) in [7, 11) is 0. The molecule has 0 bridgehead atoms. The summed E-state index contributed by atoms with van der Waals surface area (Å²) in [6.07, 6.45) is 2.02. The molecule has 0 aliphatic carbocycles. The van der Waals surface area contributed by atoms with E-state index >= 15 is 0 Å². The van der Waals surface area contributed by atoms with E-state index in [1.54, 1.807) is 0 Å². The van der Waals surface area contributed by atoms with Crippen LogP contribution in [-0.2, 0) is 4.74 Å². The van der Waals surface area contributed by atoms with Gasteiger partial charge in [0.25, 0.3) is 0 Å². The first-order valence-electron chi connectivity index (χ1n) is 7.68. The van der Waals surface area contributed by atoms with Gasteiger partial charge >= 0.3 is 0 Å². The number of hydrogen-bond donors (Lipinski definition) is 1. The van der Waals surface area contributed by atoms with Crippen LogP contribution < -0.4 is 9.47 Å². The van der Waals surface area contributed by atoms with Gasteiger partial charge in [-0.05, 0) is 44.0 Å². The third-order valence-electron chi connectivity index (χ3n) is 4.08. The van der Waals surface area contributed by atoms with Crippen molar-refractivity contribution in [1.29, 1.82) is 0 Å². The van der Waals surface area contributed by atoms with Gasteiger partial charge in [0.2, 0.25) is 6.79 Å². The third kappa shape index (κ3) is 3.48. The van der Waals surface area contributed by atoms with Gasteiger partial charge in [0, 0.05) is 19.7 Å². The van der Waals surface area contributed by atoms with Crippen LogP contribution in [0.4, 0.5) is 0 Å². The second kappa shape index (κ2) is 6.64. The Hall–Kier alpha value is -1.30. The molecule has 0 radical (unpaired) electrons. The van der Waals surface area contributed by atoms with Crippen LogP contribution in [0.3, 0.4) is 0 Å². The van der Waals surface area contributed by atoms with E-state index in [0.29, 0.717) is 12.6 Å². The van der Waals surface area contributed by atoms with Crippen LogP contribution in [0.15, 0.2) is 18.2 Å². The van der Waals surface area contributed by atoms with Gasteiger partial charge in [-0.3, -0.25) is 4.90 Å². The van der Waals surface area contributed by atoms with E-state index in [2.05, 4.69) is 4.90 Å². The second-order valence-corrected chi connectivity index (χ2v) is 5.61. The Labute approximate surface area is 125 Å². The molecule has 2 heterocycles. The number of β-amino-alcohol motifs (C(OH)–C–C–N with tert-alkyl or cyclic N) is 1. The number of benzene rings is 1. The van der Waals surface area contributed by atoms with Crippen LogP contribution in [0.5, 0.6) is 11.5 Å². The Morgan fingerprint density at radius 1 is 1.38 bits per heavy atom. The monoisotopic (exact) mass is 293 g/mol. The molecule has 1 saturated heterocycles. The summed E-state index contributed by atoms with van der Waals surface area (Å²) in [5.41, 5.74) is 0.873. The van der Waals surface area contributed by atoms with Crippen molar-refractivity contribution >= 4 is 0 Å². The zero-order valence-corrected chi connectivity index (χ0v) is 12.5. The summed E-state index contributed by atoms with van der Waals surface area (Å²) in [6.45, 7) is 5.59. The van der Waals surface area contributed by atoms with E-state index in [1.807, 2.05) is 25.1 Å². The number of hydrogen-bond acceptors (Lipinski definition) is 5. The summed E-state index contributed by atoms with van der Waals surface area (Å²) >= 11 is 0. The highest BCUT2D eigenvalue weighted by atomic mass is 16.7. The summed E-state index contributed by atoms with van der Waals surface area (Å²) < 4.78 is 16.4. The van der Waals surface area contributed by atoms with Gasteiger partial charge in [0.05, 0.1) is 12.2 Å². The Morgan fingerprint density at radius 2 is 2.24 bits per heavy atom. The standard InChI is InChI=1S/C16H23NO4/c1-2-19-13-4-3-7-17(9-13)10-14(18)12-5-6-15-16(8-12)21-11-20-15/h5-6,8,13-14,18H,2-4,7,9-11H2,1H3. The lowest BCUT2D eigenvalue weighted by Crippen LogP contribution is -2.41. The molecule has 5 nitrogen and oxygen atoms in total. The second-order valence-electron chi connectivity index (χ2n) is 5.61. The summed E-state index contributed by atoms with van der Waals surface area (Å²) in [5, 5.41) is 10.4. The molecule has 1 aromatic rings. The minimum atomic E-state index is -0.514. The number of aliphatic hydroxyl groups is 1. The number of piperidine rings is 1. The van der Waals surface area contributed by atoms with Crippen molar-refractivity contribution in [2.75, 3.05) is 33.0 Å². The average Bonchev–Trinajstić information content (AvgIpc) is 2.95. The molecule has 2 aliphatic heterocycles. The number of rotatable bonds is 5. The highest BCUT2D eigenvalue weighted by Gasteiger charge is 2.23. The van der Waals surface area contributed by atoms with Crippen molar-refractivity contribution in [1.82, 2.24) is 4.90 Å². The molecular weight excluding hydrogens is 270 g/mol. The van der Waals surface area contributed by atoms with Crippen molar-refractivity contribution in [3.8, 4) is 11.5 Å². The van der Waals surface area contributed by atoms with Crippen LogP contribution in [0.2, 0.25) is 0 Å². The smallest absolute Gasteiger partial charge is 0.231 e. The zero-order chi connectivity index (χ0) is 14.7. The molecule has 1 aromatic carbocycles. The highest BCUT2D eigenvalue weighted by Crippen LogP contribution is 2.34. The molecule has 2 aliphatic rings.